The molecule has 1 fully saturated rings. The van der Waals surface area contributed by atoms with Gasteiger partial charge in [-0.2, -0.15) is 13.2 Å². The van der Waals surface area contributed by atoms with E-state index in [1.165, 1.54) is 10.8 Å². The maximum absolute atomic E-state index is 12.6. The first-order valence-corrected chi connectivity index (χ1v) is 4.87. The molecule has 1 aromatic heterocycles. The number of halogens is 3. The van der Waals surface area contributed by atoms with Crippen LogP contribution in [0, 0.1) is 0 Å². The average Bonchev–Trinajstić information content (AvgIpc) is 2.87. The van der Waals surface area contributed by atoms with Gasteiger partial charge in [0.2, 0.25) is 5.82 Å². The zero-order valence-corrected chi connectivity index (χ0v) is 8.09. The maximum Gasteiger partial charge on any atom is 0.449 e. The van der Waals surface area contributed by atoms with Gasteiger partial charge >= 0.3 is 6.18 Å². The fourth-order valence-electron chi connectivity index (χ4n) is 1.68. The highest BCUT2D eigenvalue weighted by molar-refractivity contribution is 5.12. The number of imidazole rings is 1. The molecule has 0 saturated heterocycles. The number of hydrogen-bond donors (Lipinski definition) is 1. The second-order valence-electron chi connectivity index (χ2n) is 3.71. The molecule has 2 N–H and O–H groups in total. The average molecular weight is 219 g/mol. The lowest BCUT2D eigenvalue weighted by Crippen LogP contribution is -2.17. The Morgan fingerprint density at radius 1 is 1.47 bits per heavy atom. The largest absolute Gasteiger partial charge is 0.449 e. The zero-order valence-electron chi connectivity index (χ0n) is 8.09. The fourth-order valence-corrected chi connectivity index (χ4v) is 1.68. The lowest BCUT2D eigenvalue weighted by atomic mass is 10.3. The van der Waals surface area contributed by atoms with Crippen molar-refractivity contribution in [3.05, 3.63) is 17.7 Å². The van der Waals surface area contributed by atoms with Crippen LogP contribution >= 0.6 is 0 Å². The van der Waals surface area contributed by atoms with Crippen LogP contribution in [0.25, 0.3) is 0 Å². The van der Waals surface area contributed by atoms with Crippen LogP contribution in [0.15, 0.2) is 6.20 Å². The number of aromatic nitrogens is 2. The first-order valence-electron chi connectivity index (χ1n) is 4.87. The summed E-state index contributed by atoms with van der Waals surface area (Å²) in [4.78, 5) is 3.45. The van der Waals surface area contributed by atoms with Crippen LogP contribution in [0.3, 0.4) is 0 Å². The molecule has 1 aliphatic carbocycles. The Bertz CT molecular complexity index is 352. The fraction of sp³-hybridized carbons (Fsp3) is 0.667. The summed E-state index contributed by atoms with van der Waals surface area (Å²) in [6.45, 7) is 0.343. The predicted octanol–water partition coefficient (Wildman–Crippen LogP) is 1.74. The van der Waals surface area contributed by atoms with Crippen molar-refractivity contribution in [2.45, 2.75) is 31.5 Å². The summed E-state index contributed by atoms with van der Waals surface area (Å²) >= 11 is 0. The Labute approximate surface area is 85.1 Å². The maximum atomic E-state index is 12.6. The minimum absolute atomic E-state index is 0.0225. The molecule has 0 unspecified atom stereocenters. The van der Waals surface area contributed by atoms with Gasteiger partial charge in [-0.15, -0.1) is 0 Å². The molecule has 1 aliphatic rings. The second-order valence-corrected chi connectivity index (χ2v) is 3.71. The minimum atomic E-state index is -4.37. The van der Waals surface area contributed by atoms with Gasteiger partial charge in [0.1, 0.15) is 0 Å². The van der Waals surface area contributed by atoms with Crippen molar-refractivity contribution in [3.8, 4) is 0 Å². The lowest BCUT2D eigenvalue weighted by Gasteiger charge is -2.12. The van der Waals surface area contributed by atoms with E-state index in [4.69, 9.17) is 5.73 Å². The zero-order chi connectivity index (χ0) is 11.1. The van der Waals surface area contributed by atoms with Gasteiger partial charge in [-0.05, 0) is 19.4 Å². The van der Waals surface area contributed by atoms with E-state index in [1.807, 2.05) is 0 Å². The van der Waals surface area contributed by atoms with E-state index in [1.54, 1.807) is 0 Å². The molecule has 1 heterocycles. The van der Waals surface area contributed by atoms with E-state index in [9.17, 15) is 13.2 Å². The molecule has 0 aromatic carbocycles. The van der Waals surface area contributed by atoms with Crippen molar-refractivity contribution in [2.24, 2.45) is 5.73 Å². The SMILES string of the molecule is NCCc1cnc(C(F)(F)F)n1C1CC1. The van der Waals surface area contributed by atoms with E-state index in [0.29, 0.717) is 18.7 Å². The molecule has 0 aliphatic heterocycles. The molecule has 6 heteroatoms. The minimum Gasteiger partial charge on any atom is -0.330 e. The Morgan fingerprint density at radius 3 is 2.60 bits per heavy atom. The summed E-state index contributed by atoms with van der Waals surface area (Å²) in [5.74, 6) is -0.784. The molecule has 3 nitrogen and oxygen atoms in total. The Hall–Kier alpha value is -1.04. The molecule has 1 aromatic rings. The molecular weight excluding hydrogens is 207 g/mol. The van der Waals surface area contributed by atoms with Gasteiger partial charge < -0.3 is 10.3 Å². The van der Waals surface area contributed by atoms with E-state index < -0.39 is 12.0 Å². The predicted molar refractivity (Wildman–Crippen MR) is 48.3 cm³/mol. The molecule has 0 atom stereocenters. The van der Waals surface area contributed by atoms with Crippen LogP contribution in [0.5, 0.6) is 0 Å². The van der Waals surface area contributed by atoms with Crippen molar-refractivity contribution in [2.75, 3.05) is 6.54 Å². The van der Waals surface area contributed by atoms with Crippen molar-refractivity contribution < 1.29 is 13.2 Å². The van der Waals surface area contributed by atoms with Crippen molar-refractivity contribution >= 4 is 0 Å². The summed E-state index contributed by atoms with van der Waals surface area (Å²) in [5.41, 5.74) is 5.94. The van der Waals surface area contributed by atoms with E-state index in [0.717, 1.165) is 12.8 Å². The third kappa shape index (κ3) is 1.99. The van der Waals surface area contributed by atoms with Gasteiger partial charge in [-0.1, -0.05) is 0 Å². The number of alkyl halides is 3. The van der Waals surface area contributed by atoms with Crippen LogP contribution in [0.4, 0.5) is 13.2 Å². The molecule has 0 radical (unpaired) electrons. The number of rotatable bonds is 3. The molecule has 0 bridgehead atoms. The van der Waals surface area contributed by atoms with E-state index in [2.05, 4.69) is 4.98 Å². The number of nitrogens with zero attached hydrogens (tertiary/aromatic N) is 2. The quantitative estimate of drug-likeness (QED) is 0.841. The van der Waals surface area contributed by atoms with Gasteiger partial charge in [0.05, 0.1) is 0 Å². The Balaban J connectivity index is 2.38. The Kier molecular flexibility index (Phi) is 2.46. The summed E-state index contributed by atoms with van der Waals surface area (Å²) in [6, 6.07) is -0.0225. The Morgan fingerprint density at radius 2 is 2.13 bits per heavy atom. The van der Waals surface area contributed by atoms with Crippen LogP contribution in [0.1, 0.15) is 30.4 Å². The highest BCUT2D eigenvalue weighted by atomic mass is 19.4. The number of nitrogens with two attached hydrogens (primary N) is 1. The molecule has 2 rings (SSSR count). The van der Waals surface area contributed by atoms with Crippen LogP contribution in [-0.4, -0.2) is 16.1 Å². The van der Waals surface area contributed by atoms with Gasteiger partial charge in [0.25, 0.3) is 0 Å². The van der Waals surface area contributed by atoms with Crippen LogP contribution < -0.4 is 5.73 Å². The molecule has 84 valence electrons. The van der Waals surface area contributed by atoms with Crippen LogP contribution in [-0.2, 0) is 12.6 Å². The van der Waals surface area contributed by atoms with Crippen LogP contribution in [0.2, 0.25) is 0 Å². The van der Waals surface area contributed by atoms with Gasteiger partial charge in [-0.3, -0.25) is 0 Å². The van der Waals surface area contributed by atoms with Gasteiger partial charge in [0, 0.05) is 24.4 Å². The highest BCUT2D eigenvalue weighted by Crippen LogP contribution is 2.41. The summed E-state index contributed by atoms with van der Waals surface area (Å²) in [7, 11) is 0. The normalized spacial score (nSPS) is 17.1. The molecule has 0 amide bonds. The monoisotopic (exact) mass is 219 g/mol. The third-order valence-electron chi connectivity index (χ3n) is 2.44. The smallest absolute Gasteiger partial charge is 0.330 e. The first kappa shape index (κ1) is 10.5. The summed E-state index contributed by atoms with van der Waals surface area (Å²) < 4.78 is 39.0. The molecule has 0 spiro atoms. The van der Waals surface area contributed by atoms with Crippen molar-refractivity contribution in [1.29, 1.82) is 0 Å². The topological polar surface area (TPSA) is 43.8 Å². The standard InChI is InChI=1S/C9H12F3N3/c10-9(11,12)8-14-5-7(3-4-13)15(8)6-1-2-6/h5-6H,1-4,13H2. The molecule has 1 saturated carbocycles. The first-order chi connectivity index (χ1) is 7.04. The lowest BCUT2D eigenvalue weighted by molar-refractivity contribution is -0.147. The second kappa shape index (κ2) is 3.52. The molecule has 15 heavy (non-hydrogen) atoms. The van der Waals surface area contributed by atoms with Gasteiger partial charge in [0.15, 0.2) is 0 Å². The third-order valence-corrected chi connectivity index (χ3v) is 2.44. The number of hydrogen-bond acceptors (Lipinski definition) is 2. The van der Waals surface area contributed by atoms with Crippen molar-refractivity contribution in [3.63, 3.8) is 0 Å². The van der Waals surface area contributed by atoms with Gasteiger partial charge in [-0.25, -0.2) is 4.98 Å². The highest BCUT2D eigenvalue weighted by Gasteiger charge is 2.41. The van der Waals surface area contributed by atoms with E-state index >= 15 is 0 Å². The van der Waals surface area contributed by atoms with E-state index in [-0.39, 0.29) is 6.04 Å². The summed E-state index contributed by atoms with van der Waals surface area (Å²) in [5, 5.41) is 0. The summed E-state index contributed by atoms with van der Waals surface area (Å²) in [6.07, 6.45) is -1.03. The molecular formula is C9H12F3N3. The van der Waals surface area contributed by atoms with Crippen molar-refractivity contribution in [1.82, 2.24) is 9.55 Å².